The summed E-state index contributed by atoms with van der Waals surface area (Å²) in [6, 6.07) is 10.6. The minimum atomic E-state index is 0.297. The second kappa shape index (κ2) is 6.96. The van der Waals surface area contributed by atoms with E-state index in [-0.39, 0.29) is 0 Å². The van der Waals surface area contributed by atoms with Gasteiger partial charge in [-0.25, -0.2) is 9.97 Å². The topological polar surface area (TPSA) is 64.3 Å². The highest BCUT2D eigenvalue weighted by Gasteiger charge is 2.29. The molecule has 23 heavy (non-hydrogen) atoms. The van der Waals surface area contributed by atoms with Gasteiger partial charge in [-0.3, -0.25) is 0 Å². The lowest BCUT2D eigenvalue weighted by Gasteiger charge is -2.27. The minimum Gasteiger partial charge on any atom is -0.496 e. The van der Waals surface area contributed by atoms with Crippen molar-refractivity contribution in [1.29, 1.82) is 0 Å². The standard InChI is InChI=1S/C18H24N4O/c1-13-20-14(9-10-19)12-18(21-13)22-11-5-7-16(22)15-6-3-4-8-17(15)23-2/h3-4,6,8,12,16H,5,7,9-11,19H2,1-2H3/t16-/m1/s1. The van der Waals surface area contributed by atoms with Crippen LogP contribution in [0.2, 0.25) is 0 Å². The van der Waals surface area contributed by atoms with Crippen molar-refractivity contribution in [3.05, 3.63) is 47.4 Å². The van der Waals surface area contributed by atoms with E-state index < -0.39 is 0 Å². The van der Waals surface area contributed by atoms with Crippen LogP contribution in [0.1, 0.15) is 36.0 Å². The number of ether oxygens (including phenoxy) is 1. The molecular weight excluding hydrogens is 288 g/mol. The Morgan fingerprint density at radius 3 is 2.91 bits per heavy atom. The van der Waals surface area contributed by atoms with Gasteiger partial charge in [-0.15, -0.1) is 0 Å². The number of anilines is 1. The van der Waals surface area contributed by atoms with Gasteiger partial charge in [0.25, 0.3) is 0 Å². The van der Waals surface area contributed by atoms with E-state index in [0.29, 0.717) is 12.6 Å². The van der Waals surface area contributed by atoms with Gasteiger partial charge in [0.2, 0.25) is 0 Å². The first-order valence-corrected chi connectivity index (χ1v) is 8.17. The number of aryl methyl sites for hydroxylation is 1. The molecule has 1 fully saturated rings. The third-order valence-corrected chi connectivity index (χ3v) is 4.32. The molecule has 0 bridgehead atoms. The summed E-state index contributed by atoms with van der Waals surface area (Å²) in [5, 5.41) is 0. The summed E-state index contributed by atoms with van der Waals surface area (Å²) in [4.78, 5) is 11.5. The first-order valence-electron chi connectivity index (χ1n) is 8.17. The van der Waals surface area contributed by atoms with Crippen LogP contribution >= 0.6 is 0 Å². The van der Waals surface area contributed by atoms with E-state index in [0.717, 1.165) is 48.9 Å². The molecule has 1 saturated heterocycles. The Morgan fingerprint density at radius 1 is 1.30 bits per heavy atom. The molecule has 122 valence electrons. The number of benzene rings is 1. The Morgan fingerprint density at radius 2 is 2.13 bits per heavy atom. The van der Waals surface area contributed by atoms with Gasteiger partial charge < -0.3 is 15.4 Å². The highest BCUT2D eigenvalue weighted by Crippen LogP contribution is 2.39. The zero-order valence-corrected chi connectivity index (χ0v) is 13.8. The minimum absolute atomic E-state index is 0.297. The van der Waals surface area contributed by atoms with E-state index in [4.69, 9.17) is 10.5 Å². The van der Waals surface area contributed by atoms with Crippen LogP contribution in [-0.2, 0) is 6.42 Å². The van der Waals surface area contributed by atoms with Crippen molar-refractivity contribution >= 4 is 5.82 Å². The van der Waals surface area contributed by atoms with Gasteiger partial charge in [0.15, 0.2) is 0 Å². The van der Waals surface area contributed by atoms with Crippen LogP contribution in [-0.4, -0.2) is 30.2 Å². The Hall–Kier alpha value is -2.14. The van der Waals surface area contributed by atoms with E-state index in [1.54, 1.807) is 7.11 Å². The van der Waals surface area contributed by atoms with E-state index in [2.05, 4.69) is 33.1 Å². The lowest BCUT2D eigenvalue weighted by molar-refractivity contribution is 0.405. The quantitative estimate of drug-likeness (QED) is 0.919. The van der Waals surface area contributed by atoms with Crippen LogP contribution in [0.15, 0.2) is 30.3 Å². The Bertz CT molecular complexity index is 674. The van der Waals surface area contributed by atoms with Crippen molar-refractivity contribution in [1.82, 2.24) is 9.97 Å². The molecule has 0 saturated carbocycles. The third-order valence-electron chi connectivity index (χ3n) is 4.32. The molecule has 0 spiro atoms. The summed E-state index contributed by atoms with van der Waals surface area (Å²) in [6.07, 6.45) is 3.04. The Kier molecular flexibility index (Phi) is 4.76. The van der Waals surface area contributed by atoms with Crippen LogP contribution < -0.4 is 15.4 Å². The van der Waals surface area contributed by atoms with E-state index in [9.17, 15) is 0 Å². The number of hydrogen-bond donors (Lipinski definition) is 1. The van der Waals surface area contributed by atoms with Crippen LogP contribution in [0.4, 0.5) is 5.82 Å². The van der Waals surface area contributed by atoms with Gasteiger partial charge in [0.1, 0.15) is 17.4 Å². The zero-order valence-electron chi connectivity index (χ0n) is 13.8. The molecule has 2 heterocycles. The lowest BCUT2D eigenvalue weighted by atomic mass is 10.0. The fourth-order valence-corrected chi connectivity index (χ4v) is 3.34. The maximum absolute atomic E-state index is 5.68. The van der Waals surface area contributed by atoms with Crippen molar-refractivity contribution in [2.45, 2.75) is 32.2 Å². The van der Waals surface area contributed by atoms with E-state index >= 15 is 0 Å². The molecule has 2 N–H and O–H groups in total. The summed E-state index contributed by atoms with van der Waals surface area (Å²) >= 11 is 0. The first-order chi connectivity index (χ1) is 11.2. The van der Waals surface area contributed by atoms with Gasteiger partial charge in [-0.2, -0.15) is 0 Å². The molecule has 2 aromatic rings. The molecule has 0 aliphatic carbocycles. The molecule has 5 nitrogen and oxygen atoms in total. The molecule has 1 aromatic heterocycles. The molecule has 3 rings (SSSR count). The number of hydrogen-bond acceptors (Lipinski definition) is 5. The lowest BCUT2D eigenvalue weighted by Crippen LogP contribution is -2.24. The second-order valence-electron chi connectivity index (χ2n) is 5.90. The average Bonchev–Trinajstić information content (AvgIpc) is 3.04. The number of nitrogens with two attached hydrogens (primary N) is 1. The highest BCUT2D eigenvalue weighted by molar-refractivity contribution is 5.48. The van der Waals surface area contributed by atoms with Crippen LogP contribution in [0, 0.1) is 6.92 Å². The molecule has 1 atom stereocenters. The number of para-hydroxylation sites is 1. The fraction of sp³-hybridized carbons (Fsp3) is 0.444. The molecular formula is C18H24N4O. The fourth-order valence-electron chi connectivity index (χ4n) is 3.34. The summed E-state index contributed by atoms with van der Waals surface area (Å²) in [5.74, 6) is 2.74. The summed E-state index contributed by atoms with van der Waals surface area (Å²) in [7, 11) is 1.73. The van der Waals surface area contributed by atoms with Crippen LogP contribution in [0.3, 0.4) is 0 Å². The monoisotopic (exact) mass is 312 g/mol. The molecule has 5 heteroatoms. The Balaban J connectivity index is 1.95. The van der Waals surface area contributed by atoms with E-state index in [1.165, 1.54) is 5.56 Å². The van der Waals surface area contributed by atoms with Gasteiger partial charge in [-0.1, -0.05) is 18.2 Å². The maximum atomic E-state index is 5.68. The normalized spacial score (nSPS) is 17.5. The van der Waals surface area contributed by atoms with Crippen molar-refractivity contribution in [3.8, 4) is 5.75 Å². The molecule has 1 aromatic carbocycles. The zero-order chi connectivity index (χ0) is 16.2. The number of methoxy groups -OCH3 is 1. The van der Waals surface area contributed by atoms with Crippen LogP contribution in [0.5, 0.6) is 5.75 Å². The van der Waals surface area contributed by atoms with Crippen molar-refractivity contribution in [3.63, 3.8) is 0 Å². The van der Waals surface area contributed by atoms with Gasteiger partial charge in [0, 0.05) is 30.3 Å². The number of nitrogens with zero attached hydrogens (tertiary/aromatic N) is 3. The molecule has 0 unspecified atom stereocenters. The van der Waals surface area contributed by atoms with Gasteiger partial charge in [-0.05, 0) is 32.4 Å². The predicted molar refractivity (Wildman–Crippen MR) is 91.8 cm³/mol. The Labute approximate surface area is 137 Å². The number of rotatable bonds is 5. The summed E-state index contributed by atoms with van der Waals surface area (Å²) < 4.78 is 5.55. The highest BCUT2D eigenvalue weighted by atomic mass is 16.5. The average molecular weight is 312 g/mol. The molecule has 1 aliphatic rings. The van der Waals surface area contributed by atoms with Crippen molar-refractivity contribution < 1.29 is 4.74 Å². The first kappa shape index (κ1) is 15.7. The van der Waals surface area contributed by atoms with Gasteiger partial charge >= 0.3 is 0 Å². The predicted octanol–water partition coefficient (Wildman–Crippen LogP) is 2.64. The van der Waals surface area contributed by atoms with Crippen molar-refractivity contribution in [2.24, 2.45) is 5.73 Å². The summed E-state index contributed by atoms with van der Waals surface area (Å²) in [6.45, 7) is 3.55. The SMILES string of the molecule is COc1ccccc1[C@H]1CCCN1c1cc(CCN)nc(C)n1. The van der Waals surface area contributed by atoms with E-state index in [1.807, 2.05) is 19.1 Å². The van der Waals surface area contributed by atoms with Gasteiger partial charge in [0.05, 0.1) is 13.2 Å². The third kappa shape index (κ3) is 3.29. The molecule has 0 amide bonds. The number of aromatic nitrogens is 2. The molecule has 0 radical (unpaired) electrons. The van der Waals surface area contributed by atoms with Crippen molar-refractivity contribution in [2.75, 3.05) is 25.1 Å². The maximum Gasteiger partial charge on any atom is 0.133 e. The molecule has 1 aliphatic heterocycles. The smallest absolute Gasteiger partial charge is 0.133 e. The summed E-state index contributed by atoms with van der Waals surface area (Å²) in [5.41, 5.74) is 7.92. The van der Waals surface area contributed by atoms with Crippen LogP contribution in [0.25, 0.3) is 0 Å². The largest absolute Gasteiger partial charge is 0.496 e. The second-order valence-corrected chi connectivity index (χ2v) is 5.90.